The minimum atomic E-state index is -0.0207. The number of thiol groups is 1. The molecule has 1 fully saturated rings. The molecule has 3 aromatic rings. The molecule has 36 heavy (non-hydrogen) atoms. The number of aryl methyl sites for hydroxylation is 1. The normalized spacial score (nSPS) is 14.8. The Hall–Kier alpha value is -1.87. The molecule has 2 aromatic carbocycles. The molecule has 0 N–H and O–H groups in total. The second-order valence-corrected chi connectivity index (χ2v) is 12.2. The summed E-state index contributed by atoms with van der Waals surface area (Å²) in [5.41, 5.74) is 3.70. The monoisotopic (exact) mass is 540 g/mol. The Morgan fingerprint density at radius 3 is 2.50 bits per heavy atom. The number of nitrogens with zero attached hydrogens (tertiary/aromatic N) is 4. The molecule has 0 unspecified atom stereocenters. The zero-order valence-electron chi connectivity index (χ0n) is 21.2. The first-order valence-electron chi connectivity index (χ1n) is 12.7. The fourth-order valence-electron chi connectivity index (χ4n) is 4.60. The highest BCUT2D eigenvalue weighted by Gasteiger charge is 2.27. The lowest BCUT2D eigenvalue weighted by atomic mass is 9.95. The van der Waals surface area contributed by atoms with Gasteiger partial charge in [-0.2, -0.15) is 17.7 Å². The Kier molecular flexibility index (Phi) is 10.3. The molecule has 8 heteroatoms. The Balaban J connectivity index is 1.54. The summed E-state index contributed by atoms with van der Waals surface area (Å²) in [5.74, 6) is 2.34. The molecule has 4 rings (SSSR count). The number of likely N-dealkylation sites (tertiary alicyclic amines) is 1. The molecule has 0 atom stereocenters. The molecule has 5 nitrogen and oxygen atoms in total. The number of anilines is 1. The quantitative estimate of drug-likeness (QED) is 0.182. The molecule has 1 aromatic heterocycles. The Morgan fingerprint density at radius 2 is 1.83 bits per heavy atom. The number of carbonyl (C=O) groups is 1. The van der Waals surface area contributed by atoms with Crippen LogP contribution in [0.1, 0.15) is 41.5 Å². The van der Waals surface area contributed by atoms with Gasteiger partial charge in [0, 0.05) is 47.8 Å². The fraction of sp³-hybridized carbons (Fsp3) is 0.429. The highest BCUT2D eigenvalue weighted by molar-refractivity contribution is 8.76. The van der Waals surface area contributed by atoms with Crippen molar-refractivity contribution in [3.8, 4) is 0 Å². The van der Waals surface area contributed by atoms with Crippen LogP contribution in [0.3, 0.4) is 0 Å². The third-order valence-electron chi connectivity index (χ3n) is 6.74. The van der Waals surface area contributed by atoms with Crippen LogP contribution in [0.25, 0.3) is 0 Å². The van der Waals surface area contributed by atoms with Crippen molar-refractivity contribution in [2.75, 3.05) is 42.6 Å². The van der Waals surface area contributed by atoms with Gasteiger partial charge in [-0.3, -0.25) is 9.48 Å². The molecule has 1 aliphatic heterocycles. The van der Waals surface area contributed by atoms with Crippen molar-refractivity contribution in [1.82, 2.24) is 14.7 Å². The van der Waals surface area contributed by atoms with Gasteiger partial charge in [-0.15, -0.1) is 0 Å². The molecule has 0 radical (unpaired) electrons. The van der Waals surface area contributed by atoms with Gasteiger partial charge in [-0.25, -0.2) is 0 Å². The largest absolute Gasteiger partial charge is 0.307 e. The van der Waals surface area contributed by atoms with Crippen LogP contribution in [-0.4, -0.2) is 58.3 Å². The molecule has 2 heterocycles. The number of carbonyl (C=O) groups excluding carboxylic acids is 1. The zero-order valence-corrected chi connectivity index (χ0v) is 23.7. The van der Waals surface area contributed by atoms with Crippen LogP contribution in [0.4, 0.5) is 5.69 Å². The summed E-state index contributed by atoms with van der Waals surface area (Å²) >= 11 is 4.29. The van der Waals surface area contributed by atoms with Crippen LogP contribution < -0.4 is 4.90 Å². The molecule has 1 saturated heterocycles. The maximum Gasteiger partial charge on any atom is 0.278 e. The number of piperidine rings is 1. The van der Waals surface area contributed by atoms with Crippen molar-refractivity contribution in [3.63, 3.8) is 0 Å². The maximum absolute atomic E-state index is 13.9. The van der Waals surface area contributed by atoms with E-state index in [2.05, 4.69) is 65.9 Å². The van der Waals surface area contributed by atoms with Crippen LogP contribution in [0.2, 0.25) is 0 Å². The van der Waals surface area contributed by atoms with Gasteiger partial charge in [0.25, 0.3) is 5.91 Å². The lowest BCUT2D eigenvalue weighted by Crippen LogP contribution is -2.41. The summed E-state index contributed by atoms with van der Waals surface area (Å²) < 4.78 is 1.84. The van der Waals surface area contributed by atoms with Crippen molar-refractivity contribution in [2.24, 2.45) is 13.0 Å². The number of aromatic nitrogens is 2. The lowest BCUT2D eigenvalue weighted by Gasteiger charge is -2.34. The van der Waals surface area contributed by atoms with Crippen LogP contribution in [0, 0.1) is 5.92 Å². The summed E-state index contributed by atoms with van der Waals surface area (Å²) in [6.45, 7) is 6.25. The van der Waals surface area contributed by atoms with Crippen molar-refractivity contribution < 1.29 is 4.79 Å². The van der Waals surface area contributed by atoms with E-state index in [9.17, 15) is 4.79 Å². The SMILES string of the molecule is CCN1CCC(CN(C(=O)c2cc(Cc3ccccc3)n(C)n2)c2ccc(SSCCS)cc2)CC1. The van der Waals surface area contributed by atoms with Gasteiger partial charge in [0.05, 0.1) is 0 Å². The Labute approximate surface area is 228 Å². The molecular weight excluding hydrogens is 505 g/mol. The average Bonchev–Trinajstić information content (AvgIpc) is 3.28. The molecule has 0 spiro atoms. The van der Waals surface area contributed by atoms with Gasteiger partial charge < -0.3 is 9.80 Å². The van der Waals surface area contributed by atoms with Crippen molar-refractivity contribution in [2.45, 2.75) is 31.1 Å². The van der Waals surface area contributed by atoms with Gasteiger partial charge in [0.15, 0.2) is 5.69 Å². The van der Waals surface area contributed by atoms with E-state index in [1.807, 2.05) is 40.9 Å². The van der Waals surface area contributed by atoms with E-state index in [1.54, 1.807) is 21.6 Å². The van der Waals surface area contributed by atoms with Crippen LogP contribution in [0.5, 0.6) is 0 Å². The van der Waals surface area contributed by atoms with Gasteiger partial charge in [0.2, 0.25) is 0 Å². The molecule has 0 bridgehead atoms. The number of hydrogen-bond donors (Lipinski definition) is 1. The maximum atomic E-state index is 13.9. The van der Waals surface area contributed by atoms with E-state index >= 15 is 0 Å². The van der Waals surface area contributed by atoms with E-state index in [-0.39, 0.29) is 5.91 Å². The van der Waals surface area contributed by atoms with E-state index in [0.29, 0.717) is 11.6 Å². The van der Waals surface area contributed by atoms with Gasteiger partial charge >= 0.3 is 0 Å². The minimum Gasteiger partial charge on any atom is -0.307 e. The zero-order chi connectivity index (χ0) is 25.3. The first-order chi connectivity index (χ1) is 17.6. The second-order valence-electron chi connectivity index (χ2n) is 9.22. The highest BCUT2D eigenvalue weighted by Crippen LogP contribution is 2.33. The number of hydrogen-bond acceptors (Lipinski definition) is 6. The standard InChI is InChI=1S/C28H36N4OS3/c1-3-31-15-13-23(14-16-31)21-32(24-9-11-26(12-10-24)36-35-18-17-34)28(33)27-20-25(30(2)29-27)19-22-7-5-4-6-8-22/h4-12,20,23,34H,3,13-19,21H2,1-2H3. The number of rotatable bonds is 11. The van der Waals surface area contributed by atoms with Crippen LogP contribution in [0.15, 0.2) is 65.6 Å². The van der Waals surface area contributed by atoms with Crippen molar-refractivity contribution in [1.29, 1.82) is 0 Å². The number of amides is 1. The Bertz CT molecular complexity index is 1100. The molecule has 0 saturated carbocycles. The summed E-state index contributed by atoms with van der Waals surface area (Å²) in [6.07, 6.45) is 2.99. The minimum absolute atomic E-state index is 0.0207. The summed E-state index contributed by atoms with van der Waals surface area (Å²) in [4.78, 5) is 19.5. The van der Waals surface area contributed by atoms with E-state index in [0.717, 1.165) is 68.3 Å². The molecule has 0 aliphatic carbocycles. The van der Waals surface area contributed by atoms with E-state index < -0.39 is 0 Å². The summed E-state index contributed by atoms with van der Waals surface area (Å²) in [6, 6.07) is 20.7. The predicted molar refractivity (Wildman–Crippen MR) is 158 cm³/mol. The number of benzene rings is 2. The smallest absolute Gasteiger partial charge is 0.278 e. The van der Waals surface area contributed by atoms with E-state index in [4.69, 9.17) is 0 Å². The van der Waals surface area contributed by atoms with Crippen molar-refractivity contribution in [3.05, 3.63) is 77.6 Å². The molecule has 192 valence electrons. The van der Waals surface area contributed by atoms with Gasteiger partial charge in [-0.1, -0.05) is 58.8 Å². The third kappa shape index (κ3) is 7.34. The summed E-state index contributed by atoms with van der Waals surface area (Å²) in [7, 11) is 5.48. The first kappa shape index (κ1) is 27.2. The fourth-order valence-corrected chi connectivity index (χ4v) is 7.02. The second kappa shape index (κ2) is 13.6. The average molecular weight is 541 g/mol. The van der Waals surface area contributed by atoms with Crippen LogP contribution in [-0.2, 0) is 13.5 Å². The molecule has 1 amide bonds. The Morgan fingerprint density at radius 1 is 1.11 bits per heavy atom. The highest BCUT2D eigenvalue weighted by atomic mass is 33.1. The van der Waals surface area contributed by atoms with Crippen LogP contribution >= 0.6 is 34.2 Å². The predicted octanol–water partition coefficient (Wildman–Crippen LogP) is 6.06. The molecular formula is C28H36N4OS3. The lowest BCUT2D eigenvalue weighted by molar-refractivity contribution is 0.0970. The first-order valence-corrected chi connectivity index (χ1v) is 15.6. The third-order valence-corrected chi connectivity index (χ3v) is 9.65. The van der Waals surface area contributed by atoms with Gasteiger partial charge in [0.1, 0.15) is 0 Å². The molecule has 1 aliphatic rings. The van der Waals surface area contributed by atoms with E-state index in [1.165, 1.54) is 10.5 Å². The summed E-state index contributed by atoms with van der Waals surface area (Å²) in [5, 5.41) is 4.64. The van der Waals surface area contributed by atoms with Crippen molar-refractivity contribution >= 4 is 45.8 Å². The topological polar surface area (TPSA) is 41.4 Å². The van der Waals surface area contributed by atoms with Gasteiger partial charge in [-0.05, 0) is 74.3 Å².